The van der Waals surface area contributed by atoms with Crippen LogP contribution >= 0.6 is 0 Å². The van der Waals surface area contributed by atoms with Crippen molar-refractivity contribution in [3.8, 4) is 0 Å². The van der Waals surface area contributed by atoms with Gasteiger partial charge in [-0.2, -0.15) is 5.10 Å². The Morgan fingerprint density at radius 3 is 3.00 bits per heavy atom. The molecule has 6 heteroatoms. The third kappa shape index (κ3) is 3.01. The molecule has 1 aromatic heterocycles. The van der Waals surface area contributed by atoms with Crippen LogP contribution in [-0.2, 0) is 11.8 Å². The maximum absolute atomic E-state index is 11.8. The van der Waals surface area contributed by atoms with E-state index in [9.17, 15) is 4.79 Å². The lowest BCUT2D eigenvalue weighted by Gasteiger charge is -2.20. The minimum atomic E-state index is -0.221. The van der Waals surface area contributed by atoms with E-state index in [0.717, 1.165) is 25.1 Å². The topological polar surface area (TPSA) is 68.2 Å². The molecule has 1 fully saturated rings. The lowest BCUT2D eigenvalue weighted by atomic mass is 10.1. The quantitative estimate of drug-likeness (QED) is 0.854. The van der Waals surface area contributed by atoms with Gasteiger partial charge in [-0.05, 0) is 26.7 Å². The largest absolute Gasteiger partial charge is 0.376 e. The summed E-state index contributed by atoms with van der Waals surface area (Å²) in [7, 11) is 1.80. The van der Waals surface area contributed by atoms with E-state index in [4.69, 9.17) is 4.74 Å². The van der Waals surface area contributed by atoms with Gasteiger partial charge in [-0.1, -0.05) is 0 Å². The van der Waals surface area contributed by atoms with Gasteiger partial charge in [-0.15, -0.1) is 0 Å². The van der Waals surface area contributed by atoms with Crippen LogP contribution in [0.3, 0.4) is 0 Å². The Balaban J connectivity index is 1.86. The molecule has 0 radical (unpaired) electrons. The molecule has 2 amide bonds. The fourth-order valence-electron chi connectivity index (χ4n) is 2.18. The van der Waals surface area contributed by atoms with Gasteiger partial charge in [0.05, 0.1) is 17.8 Å². The molecule has 0 spiro atoms. The number of rotatable bonds is 3. The number of aromatic nitrogens is 2. The van der Waals surface area contributed by atoms with E-state index in [2.05, 4.69) is 15.7 Å². The monoisotopic (exact) mass is 252 g/mol. The number of hydrogen-bond donors (Lipinski definition) is 2. The maximum Gasteiger partial charge on any atom is 0.320 e. The zero-order valence-corrected chi connectivity index (χ0v) is 11.1. The van der Waals surface area contributed by atoms with Crippen LogP contribution in [0.2, 0.25) is 0 Å². The zero-order valence-electron chi connectivity index (χ0n) is 11.1. The van der Waals surface area contributed by atoms with Crippen LogP contribution in [0, 0.1) is 6.92 Å². The van der Waals surface area contributed by atoms with Crippen LogP contribution in [0.5, 0.6) is 0 Å². The number of carbonyl (C=O) groups is 1. The molecule has 1 aromatic rings. The molecule has 100 valence electrons. The minimum absolute atomic E-state index is 0.0156. The second-order valence-corrected chi connectivity index (χ2v) is 4.73. The first-order chi connectivity index (χ1) is 8.56. The number of nitrogens with zero attached hydrogens (tertiary/aromatic N) is 2. The summed E-state index contributed by atoms with van der Waals surface area (Å²) in [4.78, 5) is 11.8. The molecule has 0 saturated carbocycles. The summed E-state index contributed by atoms with van der Waals surface area (Å²) >= 11 is 0. The number of amides is 2. The maximum atomic E-state index is 11.8. The van der Waals surface area contributed by atoms with Crippen molar-refractivity contribution in [3.63, 3.8) is 0 Å². The molecule has 2 atom stereocenters. The first kappa shape index (κ1) is 12.9. The van der Waals surface area contributed by atoms with Crippen LogP contribution in [0.4, 0.5) is 10.6 Å². The van der Waals surface area contributed by atoms with Crippen LogP contribution in [0.15, 0.2) is 6.07 Å². The highest BCUT2D eigenvalue weighted by molar-refractivity contribution is 5.88. The standard InChI is InChI=1S/C12H20N4O2/c1-8-7-11(16(3)15-8)14-12(17)13-9(2)10-5-4-6-18-10/h7,9-10H,4-6H2,1-3H3,(H2,13,14,17)/t9-,10+/m1/s1. The fraction of sp³-hybridized carbons (Fsp3) is 0.667. The fourth-order valence-corrected chi connectivity index (χ4v) is 2.18. The Kier molecular flexibility index (Phi) is 3.86. The Morgan fingerprint density at radius 2 is 2.44 bits per heavy atom. The molecule has 0 aromatic carbocycles. The van der Waals surface area contributed by atoms with E-state index in [1.165, 1.54) is 0 Å². The highest BCUT2D eigenvalue weighted by Crippen LogP contribution is 2.15. The summed E-state index contributed by atoms with van der Waals surface area (Å²) in [5.74, 6) is 0.685. The number of anilines is 1. The smallest absolute Gasteiger partial charge is 0.320 e. The molecule has 0 bridgehead atoms. The predicted molar refractivity (Wildman–Crippen MR) is 68.5 cm³/mol. The van der Waals surface area contributed by atoms with E-state index in [-0.39, 0.29) is 18.2 Å². The van der Waals surface area contributed by atoms with Gasteiger partial charge < -0.3 is 10.1 Å². The Bertz CT molecular complexity index is 424. The summed E-state index contributed by atoms with van der Waals surface area (Å²) < 4.78 is 7.18. The summed E-state index contributed by atoms with van der Waals surface area (Å²) in [5, 5.41) is 9.84. The third-order valence-electron chi connectivity index (χ3n) is 3.12. The molecule has 2 heterocycles. The summed E-state index contributed by atoms with van der Waals surface area (Å²) in [5.41, 5.74) is 0.875. The van der Waals surface area contributed by atoms with Gasteiger partial charge >= 0.3 is 6.03 Å². The third-order valence-corrected chi connectivity index (χ3v) is 3.12. The second-order valence-electron chi connectivity index (χ2n) is 4.73. The van der Waals surface area contributed by atoms with Gasteiger partial charge in [-0.3, -0.25) is 10.00 Å². The van der Waals surface area contributed by atoms with E-state index < -0.39 is 0 Å². The minimum Gasteiger partial charge on any atom is -0.376 e. The van der Waals surface area contributed by atoms with Crippen LogP contribution in [0.25, 0.3) is 0 Å². The number of aryl methyl sites for hydroxylation is 2. The zero-order chi connectivity index (χ0) is 13.1. The Labute approximate surface area is 107 Å². The molecule has 18 heavy (non-hydrogen) atoms. The van der Waals surface area contributed by atoms with Gasteiger partial charge in [0.25, 0.3) is 0 Å². The average molecular weight is 252 g/mol. The molecule has 0 unspecified atom stereocenters. The molecule has 1 aliphatic rings. The first-order valence-corrected chi connectivity index (χ1v) is 6.26. The summed E-state index contributed by atoms with van der Waals surface area (Å²) in [6.45, 7) is 4.64. The molecule has 1 saturated heterocycles. The van der Waals surface area contributed by atoms with Gasteiger partial charge in [0.15, 0.2) is 0 Å². The molecule has 6 nitrogen and oxygen atoms in total. The van der Waals surface area contributed by atoms with E-state index in [1.807, 2.05) is 19.9 Å². The number of nitrogens with one attached hydrogen (secondary N) is 2. The predicted octanol–water partition coefficient (Wildman–Crippen LogP) is 1.42. The number of urea groups is 1. The Morgan fingerprint density at radius 1 is 1.67 bits per heavy atom. The summed E-state index contributed by atoms with van der Waals surface area (Å²) in [6.07, 6.45) is 2.20. The highest BCUT2D eigenvalue weighted by atomic mass is 16.5. The molecular formula is C12H20N4O2. The van der Waals surface area contributed by atoms with Crippen LogP contribution < -0.4 is 10.6 Å². The van der Waals surface area contributed by atoms with Crippen molar-refractivity contribution in [2.24, 2.45) is 7.05 Å². The number of ether oxygens (including phenoxy) is 1. The van der Waals surface area contributed by atoms with Gasteiger partial charge in [0.2, 0.25) is 0 Å². The average Bonchev–Trinajstić information content (AvgIpc) is 2.89. The number of carbonyl (C=O) groups excluding carboxylic acids is 1. The second kappa shape index (κ2) is 5.39. The SMILES string of the molecule is Cc1cc(NC(=O)N[C@H](C)[C@@H]2CCCO2)n(C)n1. The number of hydrogen-bond acceptors (Lipinski definition) is 3. The van der Waals surface area contributed by atoms with E-state index in [1.54, 1.807) is 11.7 Å². The molecule has 2 N–H and O–H groups in total. The van der Waals surface area contributed by atoms with Crippen LogP contribution in [-0.4, -0.2) is 34.6 Å². The lowest BCUT2D eigenvalue weighted by molar-refractivity contribution is 0.0868. The molecule has 0 aliphatic carbocycles. The molecular weight excluding hydrogens is 232 g/mol. The lowest BCUT2D eigenvalue weighted by Crippen LogP contribution is -2.43. The van der Waals surface area contributed by atoms with Crippen LogP contribution in [0.1, 0.15) is 25.5 Å². The van der Waals surface area contributed by atoms with E-state index >= 15 is 0 Å². The normalized spacial score (nSPS) is 20.7. The first-order valence-electron chi connectivity index (χ1n) is 6.26. The molecule has 2 rings (SSSR count). The summed E-state index contributed by atoms with van der Waals surface area (Å²) in [6, 6.07) is 1.62. The van der Waals surface area contributed by atoms with Crippen molar-refractivity contribution < 1.29 is 9.53 Å². The Hall–Kier alpha value is -1.56. The van der Waals surface area contributed by atoms with Crippen molar-refractivity contribution in [3.05, 3.63) is 11.8 Å². The van der Waals surface area contributed by atoms with Crippen molar-refractivity contribution in [2.75, 3.05) is 11.9 Å². The van der Waals surface area contributed by atoms with Crippen molar-refractivity contribution in [1.82, 2.24) is 15.1 Å². The van der Waals surface area contributed by atoms with Gasteiger partial charge in [0.1, 0.15) is 5.82 Å². The van der Waals surface area contributed by atoms with Gasteiger partial charge in [-0.25, -0.2) is 4.79 Å². The van der Waals surface area contributed by atoms with Gasteiger partial charge in [0, 0.05) is 19.7 Å². The highest BCUT2D eigenvalue weighted by Gasteiger charge is 2.23. The van der Waals surface area contributed by atoms with Crippen molar-refractivity contribution in [2.45, 2.75) is 38.8 Å². The van der Waals surface area contributed by atoms with E-state index in [0.29, 0.717) is 5.82 Å². The molecule has 1 aliphatic heterocycles. The van der Waals surface area contributed by atoms with Crippen molar-refractivity contribution in [1.29, 1.82) is 0 Å². The van der Waals surface area contributed by atoms with Crippen molar-refractivity contribution >= 4 is 11.8 Å².